The second-order valence-electron chi connectivity index (χ2n) is 12.9. The van der Waals surface area contributed by atoms with Crippen LogP contribution in [0.1, 0.15) is 65.0 Å². The van der Waals surface area contributed by atoms with Crippen LogP contribution in [-0.4, -0.2) is 60.3 Å². The fourth-order valence-electron chi connectivity index (χ4n) is 7.66. The van der Waals surface area contributed by atoms with Gasteiger partial charge in [0.15, 0.2) is 12.3 Å². The number of piperazine rings is 1. The van der Waals surface area contributed by atoms with E-state index in [0.717, 1.165) is 72.2 Å². The highest BCUT2D eigenvalue weighted by Crippen LogP contribution is 2.53. The average molecular weight is 605 g/mol. The quantitative estimate of drug-likeness (QED) is 0.191. The molecule has 1 heterocycles. The molecule has 0 radical (unpaired) electrons. The summed E-state index contributed by atoms with van der Waals surface area (Å²) in [6, 6.07) is 31.9. The summed E-state index contributed by atoms with van der Waals surface area (Å²) in [5, 5.41) is 15.6. The van der Waals surface area contributed by atoms with Gasteiger partial charge in [0.1, 0.15) is 18.5 Å². The summed E-state index contributed by atoms with van der Waals surface area (Å²) in [4.78, 5) is 4.64. The Labute approximate surface area is 262 Å². The van der Waals surface area contributed by atoms with Crippen LogP contribution in [0.4, 0.5) is 8.78 Å². The largest absolute Gasteiger partial charge is 0.490 e. The summed E-state index contributed by atoms with van der Waals surface area (Å²) in [6.45, 7) is 3.70. The van der Waals surface area contributed by atoms with E-state index in [9.17, 15) is 5.11 Å². The SMILES string of the molecule is O[C@H](COc1cccc2c1ccc1ccccc12)CN1CCN(C2c3ccccc3C(F)C(F)c3c(C4CC4)cccc32)CC1. The molecule has 5 aromatic carbocycles. The minimum Gasteiger partial charge on any atom is -0.490 e. The zero-order valence-corrected chi connectivity index (χ0v) is 25.3. The first-order valence-electron chi connectivity index (χ1n) is 16.2. The van der Waals surface area contributed by atoms with Gasteiger partial charge in [-0.1, -0.05) is 91.0 Å². The third-order valence-electron chi connectivity index (χ3n) is 10.0. The van der Waals surface area contributed by atoms with Crippen molar-refractivity contribution in [3.05, 3.63) is 125 Å². The van der Waals surface area contributed by atoms with Crippen molar-refractivity contribution in [3.63, 3.8) is 0 Å². The van der Waals surface area contributed by atoms with E-state index in [0.29, 0.717) is 23.6 Å². The van der Waals surface area contributed by atoms with Crippen LogP contribution < -0.4 is 4.74 Å². The van der Waals surface area contributed by atoms with Gasteiger partial charge in [0.05, 0.1) is 6.04 Å². The van der Waals surface area contributed by atoms with Crippen molar-refractivity contribution in [1.82, 2.24) is 9.80 Å². The van der Waals surface area contributed by atoms with Crippen LogP contribution in [0.15, 0.2) is 97.1 Å². The van der Waals surface area contributed by atoms with Gasteiger partial charge in [-0.25, -0.2) is 8.78 Å². The fourth-order valence-corrected chi connectivity index (χ4v) is 7.66. The molecule has 230 valence electrons. The molecule has 0 spiro atoms. The normalized spacial score (nSPS) is 23.0. The van der Waals surface area contributed by atoms with Crippen molar-refractivity contribution >= 4 is 21.5 Å². The lowest BCUT2D eigenvalue weighted by Crippen LogP contribution is -2.50. The van der Waals surface area contributed by atoms with Gasteiger partial charge in [-0.15, -0.1) is 0 Å². The monoisotopic (exact) mass is 604 g/mol. The number of aliphatic hydroxyl groups excluding tert-OH is 1. The van der Waals surface area contributed by atoms with E-state index in [2.05, 4.69) is 40.1 Å². The maximum Gasteiger partial charge on any atom is 0.161 e. The molecule has 0 aromatic heterocycles. The molecule has 1 saturated heterocycles. The van der Waals surface area contributed by atoms with Gasteiger partial charge in [-0.2, -0.15) is 0 Å². The molecule has 1 saturated carbocycles. The van der Waals surface area contributed by atoms with E-state index in [1.54, 1.807) is 6.07 Å². The number of hydrogen-bond donors (Lipinski definition) is 1. The van der Waals surface area contributed by atoms with Crippen molar-refractivity contribution in [2.75, 3.05) is 39.3 Å². The summed E-state index contributed by atoms with van der Waals surface area (Å²) in [6.07, 6.45) is -1.91. The van der Waals surface area contributed by atoms with E-state index in [1.807, 2.05) is 60.7 Å². The van der Waals surface area contributed by atoms with Gasteiger partial charge in [0.25, 0.3) is 0 Å². The highest BCUT2D eigenvalue weighted by atomic mass is 19.2. The first kappa shape index (κ1) is 28.6. The molecule has 4 atom stereocenters. The molecule has 8 rings (SSSR count). The number of aliphatic hydroxyl groups is 1. The van der Waals surface area contributed by atoms with Crippen LogP contribution in [0.5, 0.6) is 5.75 Å². The molecule has 0 bridgehead atoms. The van der Waals surface area contributed by atoms with Crippen LogP contribution in [0.2, 0.25) is 0 Å². The number of hydrogen-bond acceptors (Lipinski definition) is 4. The van der Waals surface area contributed by atoms with Gasteiger partial charge in [0.2, 0.25) is 0 Å². The molecule has 2 aliphatic carbocycles. The smallest absolute Gasteiger partial charge is 0.161 e. The Bertz CT molecular complexity index is 1850. The van der Waals surface area contributed by atoms with E-state index in [4.69, 9.17) is 4.74 Å². The van der Waals surface area contributed by atoms with Crippen molar-refractivity contribution in [2.24, 2.45) is 0 Å². The van der Waals surface area contributed by atoms with Crippen molar-refractivity contribution < 1.29 is 18.6 Å². The Balaban J connectivity index is 0.970. The number of β-amino-alcohol motifs (C(OH)–C–C–N with tert-alkyl or cyclic N) is 1. The minimum absolute atomic E-state index is 0.202. The lowest BCUT2D eigenvalue weighted by Gasteiger charge is -2.40. The molecule has 3 unspecified atom stereocenters. The first-order chi connectivity index (χ1) is 22.1. The Hall–Kier alpha value is -3.84. The predicted molar refractivity (Wildman–Crippen MR) is 175 cm³/mol. The Morgan fingerprint density at radius 2 is 1.36 bits per heavy atom. The van der Waals surface area contributed by atoms with Crippen LogP contribution in [0, 0.1) is 0 Å². The number of rotatable bonds is 7. The second kappa shape index (κ2) is 11.8. The van der Waals surface area contributed by atoms with E-state index >= 15 is 8.78 Å². The Kier molecular flexibility index (Phi) is 7.52. The maximum absolute atomic E-state index is 16.0. The number of ether oxygens (including phenoxy) is 1. The number of halogens is 2. The Morgan fingerprint density at radius 3 is 2.18 bits per heavy atom. The molecule has 0 amide bonds. The highest BCUT2D eigenvalue weighted by Gasteiger charge is 2.42. The highest BCUT2D eigenvalue weighted by molar-refractivity contribution is 6.09. The molecule has 4 nitrogen and oxygen atoms in total. The van der Waals surface area contributed by atoms with E-state index < -0.39 is 18.4 Å². The molecule has 3 aliphatic rings. The number of alkyl halides is 2. The number of benzene rings is 5. The van der Waals surface area contributed by atoms with Gasteiger partial charge >= 0.3 is 0 Å². The third-order valence-corrected chi connectivity index (χ3v) is 10.0. The minimum atomic E-state index is -1.68. The number of fused-ring (bicyclic) bond motifs is 5. The molecule has 5 aromatic rings. The number of nitrogens with zero attached hydrogens (tertiary/aromatic N) is 2. The molecule has 1 N–H and O–H groups in total. The van der Waals surface area contributed by atoms with Crippen LogP contribution in [-0.2, 0) is 0 Å². The third kappa shape index (κ3) is 5.29. The first-order valence-corrected chi connectivity index (χ1v) is 16.2. The molecular weight excluding hydrogens is 566 g/mol. The predicted octanol–water partition coefficient (Wildman–Crippen LogP) is 8.05. The molecule has 45 heavy (non-hydrogen) atoms. The Morgan fingerprint density at radius 1 is 0.667 bits per heavy atom. The molecule has 6 heteroatoms. The average Bonchev–Trinajstić information content (AvgIpc) is 3.94. The second-order valence-corrected chi connectivity index (χ2v) is 12.9. The zero-order valence-electron chi connectivity index (χ0n) is 25.3. The zero-order chi connectivity index (χ0) is 30.5. The van der Waals surface area contributed by atoms with Crippen LogP contribution in [0.3, 0.4) is 0 Å². The summed E-state index contributed by atoms with van der Waals surface area (Å²) in [5.74, 6) is 1.11. The van der Waals surface area contributed by atoms with E-state index in [1.165, 1.54) is 10.8 Å². The van der Waals surface area contributed by atoms with E-state index in [-0.39, 0.29) is 12.6 Å². The summed E-state index contributed by atoms with van der Waals surface area (Å²) >= 11 is 0. The summed E-state index contributed by atoms with van der Waals surface area (Å²) < 4.78 is 38.0. The lowest BCUT2D eigenvalue weighted by molar-refractivity contribution is 0.0403. The van der Waals surface area contributed by atoms with Gasteiger partial charge in [-0.3, -0.25) is 9.80 Å². The van der Waals surface area contributed by atoms with Gasteiger partial charge < -0.3 is 9.84 Å². The van der Waals surface area contributed by atoms with Gasteiger partial charge in [-0.05, 0) is 68.8 Å². The van der Waals surface area contributed by atoms with Crippen molar-refractivity contribution in [1.29, 1.82) is 0 Å². The summed E-state index contributed by atoms with van der Waals surface area (Å²) in [5.41, 5.74) is 3.80. The topological polar surface area (TPSA) is 35.9 Å². The maximum atomic E-state index is 16.0. The molecule has 1 aliphatic heterocycles. The fraction of sp³-hybridized carbons (Fsp3) is 0.333. The van der Waals surface area contributed by atoms with Crippen LogP contribution in [0.25, 0.3) is 21.5 Å². The van der Waals surface area contributed by atoms with Crippen molar-refractivity contribution in [2.45, 2.75) is 43.2 Å². The molecular formula is C39H38F2N2O2. The molecule has 2 fully saturated rings. The van der Waals surface area contributed by atoms with Crippen LogP contribution >= 0.6 is 0 Å². The lowest BCUT2D eigenvalue weighted by atomic mass is 9.89. The summed E-state index contributed by atoms with van der Waals surface area (Å²) in [7, 11) is 0. The van der Waals surface area contributed by atoms with Crippen molar-refractivity contribution in [3.8, 4) is 5.75 Å². The standard InChI is InChI=1S/C39H38F2N2O2/c40-37-32-9-3-4-10-33(32)39(34-13-5-11-29(26-15-16-26)36(34)38(37)41)43-21-19-42(20-22-43)23-27(44)24-45-35-14-6-12-30-28-8-2-1-7-25(28)17-18-31(30)35/h1-14,17-18,26-27,37-39,44H,15-16,19-24H2/t27-,37?,38?,39?/m0/s1. The van der Waals surface area contributed by atoms with Gasteiger partial charge in [0, 0.05) is 38.1 Å².